The lowest BCUT2D eigenvalue weighted by atomic mass is 9.96. The third kappa shape index (κ3) is 2.87. The molecule has 0 N–H and O–H groups in total. The van der Waals surface area contributed by atoms with Gasteiger partial charge in [0.25, 0.3) is 0 Å². The van der Waals surface area contributed by atoms with Gasteiger partial charge >= 0.3 is 0 Å². The van der Waals surface area contributed by atoms with E-state index >= 15 is 0 Å². The predicted molar refractivity (Wildman–Crippen MR) is 73.5 cm³/mol. The lowest BCUT2D eigenvalue weighted by molar-refractivity contribution is 0.0498. The number of nitrogens with zero attached hydrogens (tertiary/aromatic N) is 2. The maximum atomic E-state index is 6.02. The van der Waals surface area contributed by atoms with Gasteiger partial charge in [0.2, 0.25) is 0 Å². The first kappa shape index (κ1) is 13.4. The molecule has 1 fully saturated rings. The zero-order chi connectivity index (χ0) is 12.4. The van der Waals surface area contributed by atoms with Crippen LogP contribution in [0, 0.1) is 5.92 Å². The third-order valence-corrected chi connectivity index (χ3v) is 5.19. The number of rotatable bonds is 3. The lowest BCUT2D eigenvalue weighted by Gasteiger charge is -2.35. The van der Waals surface area contributed by atoms with Crippen molar-refractivity contribution in [1.29, 1.82) is 0 Å². The molecule has 3 nitrogen and oxygen atoms in total. The highest BCUT2D eigenvalue weighted by molar-refractivity contribution is 7.16. The molecule has 96 valence electrons. The number of thiazole rings is 1. The number of methoxy groups -OCH3 is 1. The lowest BCUT2D eigenvalue weighted by Crippen LogP contribution is -2.43. The summed E-state index contributed by atoms with van der Waals surface area (Å²) in [6.45, 7) is 4.11. The molecule has 0 aliphatic carbocycles. The van der Waals surface area contributed by atoms with Gasteiger partial charge in [-0.1, -0.05) is 29.9 Å². The van der Waals surface area contributed by atoms with E-state index in [9.17, 15) is 0 Å². The van der Waals surface area contributed by atoms with Crippen LogP contribution in [0.25, 0.3) is 0 Å². The maximum absolute atomic E-state index is 6.02. The van der Waals surface area contributed by atoms with Crippen molar-refractivity contribution in [3.05, 3.63) is 10.0 Å². The molecule has 0 spiro atoms. The smallest absolute Gasteiger partial charge is 0.187 e. The minimum Gasteiger partial charge on any atom is -0.379 e. The Labute approximate surface area is 116 Å². The Balaban J connectivity index is 2.11. The average molecular weight is 295 g/mol. The third-order valence-electron chi connectivity index (χ3n) is 3.22. The minimum atomic E-state index is 0.269. The molecule has 0 aromatic carbocycles. The van der Waals surface area contributed by atoms with Crippen LogP contribution in [0.5, 0.6) is 0 Å². The molecule has 17 heavy (non-hydrogen) atoms. The zero-order valence-corrected chi connectivity index (χ0v) is 12.3. The van der Waals surface area contributed by atoms with Gasteiger partial charge in [-0.25, -0.2) is 4.98 Å². The number of hydrogen-bond acceptors (Lipinski definition) is 4. The summed E-state index contributed by atoms with van der Waals surface area (Å²) in [5.41, 5.74) is 0. The van der Waals surface area contributed by atoms with Crippen molar-refractivity contribution in [3.8, 4) is 0 Å². The summed E-state index contributed by atoms with van der Waals surface area (Å²) in [6.07, 6.45) is 1.39. The van der Waals surface area contributed by atoms with E-state index in [0.717, 1.165) is 29.5 Å². The van der Waals surface area contributed by atoms with Gasteiger partial charge in [-0.3, -0.25) is 0 Å². The van der Waals surface area contributed by atoms with Crippen LogP contribution in [0.3, 0.4) is 0 Å². The molecule has 2 heterocycles. The predicted octanol–water partition coefficient (Wildman–Crippen LogP) is 3.40. The van der Waals surface area contributed by atoms with Gasteiger partial charge in [0.15, 0.2) is 5.13 Å². The summed E-state index contributed by atoms with van der Waals surface area (Å²) in [5.74, 6) is 1.02. The molecule has 0 radical (unpaired) electrons. The van der Waals surface area contributed by atoms with E-state index in [1.807, 2.05) is 0 Å². The summed E-state index contributed by atoms with van der Waals surface area (Å²) < 4.78 is 5.49. The summed E-state index contributed by atoms with van der Waals surface area (Å²) in [6, 6.07) is 0. The van der Waals surface area contributed by atoms with Crippen LogP contribution in [0.15, 0.2) is 0 Å². The fraction of sp³-hybridized carbons (Fsp3) is 0.727. The molecule has 0 saturated carbocycles. The second-order valence-corrected chi connectivity index (χ2v) is 6.02. The second-order valence-electron chi connectivity index (χ2n) is 4.33. The number of halogens is 2. The van der Waals surface area contributed by atoms with Crippen LogP contribution in [0.4, 0.5) is 5.13 Å². The van der Waals surface area contributed by atoms with Crippen molar-refractivity contribution in [1.82, 2.24) is 4.98 Å². The molecular formula is C11H16Cl2N2OS. The number of alkyl halides is 1. The van der Waals surface area contributed by atoms with Crippen LogP contribution in [0.1, 0.15) is 18.2 Å². The summed E-state index contributed by atoms with van der Waals surface area (Å²) in [5, 5.41) is 1.49. The number of ether oxygens (including phenoxy) is 1. The molecule has 1 aromatic rings. The van der Waals surface area contributed by atoms with Crippen molar-refractivity contribution in [2.75, 3.05) is 25.1 Å². The van der Waals surface area contributed by atoms with Crippen molar-refractivity contribution >= 4 is 39.7 Å². The Morgan fingerprint density at radius 1 is 1.59 bits per heavy atom. The number of anilines is 1. The Kier molecular flexibility index (Phi) is 4.53. The quantitative estimate of drug-likeness (QED) is 0.799. The van der Waals surface area contributed by atoms with Gasteiger partial charge in [0.1, 0.15) is 5.15 Å². The van der Waals surface area contributed by atoms with Crippen molar-refractivity contribution in [3.63, 3.8) is 0 Å². The van der Waals surface area contributed by atoms with E-state index in [1.54, 1.807) is 18.4 Å². The fourth-order valence-corrected chi connectivity index (χ4v) is 3.56. The highest BCUT2D eigenvalue weighted by Gasteiger charge is 2.28. The van der Waals surface area contributed by atoms with E-state index in [0.29, 0.717) is 17.0 Å². The maximum Gasteiger partial charge on any atom is 0.187 e. The van der Waals surface area contributed by atoms with Gasteiger partial charge in [-0.2, -0.15) is 0 Å². The summed E-state index contributed by atoms with van der Waals surface area (Å²) in [7, 11) is 1.77. The Bertz CT molecular complexity index is 386. The fourth-order valence-electron chi connectivity index (χ4n) is 2.05. The monoisotopic (exact) mass is 294 g/mol. The molecule has 1 aliphatic rings. The highest BCUT2D eigenvalue weighted by atomic mass is 35.5. The Morgan fingerprint density at radius 2 is 2.35 bits per heavy atom. The summed E-state index contributed by atoms with van der Waals surface area (Å²) in [4.78, 5) is 7.55. The summed E-state index contributed by atoms with van der Waals surface area (Å²) >= 11 is 13.4. The van der Waals surface area contributed by atoms with E-state index in [4.69, 9.17) is 27.9 Å². The molecule has 2 unspecified atom stereocenters. The van der Waals surface area contributed by atoms with Gasteiger partial charge in [-0.05, 0) is 12.3 Å². The van der Waals surface area contributed by atoms with Crippen molar-refractivity contribution < 1.29 is 4.74 Å². The average Bonchev–Trinajstić information content (AvgIpc) is 2.71. The topological polar surface area (TPSA) is 25.4 Å². The molecule has 6 heteroatoms. The highest BCUT2D eigenvalue weighted by Crippen LogP contribution is 2.33. The number of hydrogen-bond donors (Lipinski definition) is 0. The second kappa shape index (κ2) is 5.74. The molecule has 2 rings (SSSR count). The van der Waals surface area contributed by atoms with Gasteiger partial charge in [0.05, 0.1) is 16.9 Å². The first-order valence-electron chi connectivity index (χ1n) is 5.64. The molecule has 2 atom stereocenters. The Morgan fingerprint density at radius 3 is 2.94 bits per heavy atom. The van der Waals surface area contributed by atoms with E-state index in [1.165, 1.54) is 0 Å². The first-order chi connectivity index (χ1) is 8.15. The Hall–Kier alpha value is -0.0300. The minimum absolute atomic E-state index is 0.269. The zero-order valence-electron chi connectivity index (χ0n) is 9.95. The number of aromatic nitrogens is 1. The van der Waals surface area contributed by atoms with Crippen molar-refractivity contribution in [2.45, 2.75) is 25.3 Å². The molecule has 0 bridgehead atoms. The van der Waals surface area contributed by atoms with Crippen LogP contribution in [-0.2, 0) is 10.6 Å². The molecule has 1 aromatic heterocycles. The van der Waals surface area contributed by atoms with E-state index in [2.05, 4.69) is 16.8 Å². The SMILES string of the molecule is COC1CN(c2nc(Cl)c(CCl)s2)CCC1C. The number of piperidine rings is 1. The standard InChI is InChI=1S/C11H16Cl2N2OS/c1-7-3-4-15(6-8(7)16-2)11-14-10(13)9(5-12)17-11/h7-8H,3-6H2,1-2H3. The van der Waals surface area contributed by atoms with Crippen LogP contribution in [-0.4, -0.2) is 31.3 Å². The van der Waals surface area contributed by atoms with Crippen LogP contribution < -0.4 is 4.90 Å². The molecule has 1 saturated heterocycles. The molecule has 1 aliphatic heterocycles. The molecule has 0 amide bonds. The van der Waals surface area contributed by atoms with Crippen LogP contribution in [0.2, 0.25) is 5.15 Å². The van der Waals surface area contributed by atoms with Gasteiger partial charge in [-0.15, -0.1) is 11.6 Å². The van der Waals surface area contributed by atoms with Crippen molar-refractivity contribution in [2.24, 2.45) is 5.92 Å². The van der Waals surface area contributed by atoms with E-state index in [-0.39, 0.29) is 6.10 Å². The molecular weight excluding hydrogens is 279 g/mol. The first-order valence-corrected chi connectivity index (χ1v) is 7.37. The van der Waals surface area contributed by atoms with Gasteiger partial charge < -0.3 is 9.64 Å². The van der Waals surface area contributed by atoms with Crippen LogP contribution >= 0.6 is 34.5 Å². The van der Waals surface area contributed by atoms with E-state index < -0.39 is 0 Å². The van der Waals surface area contributed by atoms with Gasteiger partial charge in [0, 0.05) is 20.2 Å². The largest absolute Gasteiger partial charge is 0.379 e. The normalized spacial score (nSPS) is 25.3.